The molecule has 0 aliphatic rings. The average molecular weight is 526 g/mol. The van der Waals surface area contributed by atoms with E-state index < -0.39 is 10.1 Å². The second-order valence-corrected chi connectivity index (χ2v) is 11.1. The van der Waals surface area contributed by atoms with E-state index in [4.69, 9.17) is 22.4 Å². The number of unbranched alkanes of at least 4 members (excludes halogenated alkanes) is 10. The molecular formula is C27H59NO6S. The molecule has 0 radical (unpaired) electrons. The highest BCUT2D eigenvalue weighted by molar-refractivity contribution is 7.84. The van der Waals surface area contributed by atoms with Gasteiger partial charge in [-0.05, 0) is 46.5 Å². The van der Waals surface area contributed by atoms with Gasteiger partial charge >= 0.3 is 0 Å². The maximum Gasteiger partial charge on any atom is 0.105 e. The number of aliphatic hydroxyl groups is 1. The van der Waals surface area contributed by atoms with Gasteiger partial charge in [-0.15, -0.1) is 0 Å². The first-order valence-electron chi connectivity index (χ1n) is 14.2. The zero-order chi connectivity index (χ0) is 26.8. The number of rotatable bonds is 24. The number of nitrogens with zero attached hydrogens (tertiary/aromatic N) is 1. The smallest absolute Gasteiger partial charge is 0.105 e. The van der Waals surface area contributed by atoms with Gasteiger partial charge in [-0.3, -0.25) is 0 Å². The summed E-state index contributed by atoms with van der Waals surface area (Å²) in [6.45, 7) is 16.2. The maximum absolute atomic E-state index is 10.3. The topological polar surface area (TPSA) is 95.9 Å². The first-order valence-corrected chi connectivity index (χ1v) is 16.0. The van der Waals surface area contributed by atoms with Crippen LogP contribution in [0.3, 0.4) is 0 Å². The number of quaternary nitrogens is 1. The van der Waals surface area contributed by atoms with Gasteiger partial charge in [0.15, 0.2) is 0 Å². The minimum Gasteiger partial charge on any atom is -0.748 e. The lowest BCUT2D eigenvalue weighted by molar-refractivity contribution is -0.926. The Morgan fingerprint density at radius 3 is 1.46 bits per heavy atom. The summed E-state index contributed by atoms with van der Waals surface area (Å²) >= 11 is 0. The molecule has 0 fully saturated rings. The lowest BCUT2D eigenvalue weighted by Gasteiger charge is -2.37. The molecule has 0 spiro atoms. The van der Waals surface area contributed by atoms with Crippen molar-refractivity contribution < 1.29 is 32.0 Å². The Bertz CT molecular complexity index is 509. The van der Waals surface area contributed by atoms with Crippen LogP contribution in [0.1, 0.15) is 111 Å². The van der Waals surface area contributed by atoms with E-state index in [0.717, 1.165) is 63.1 Å². The van der Waals surface area contributed by atoms with Crippen LogP contribution < -0.4 is 0 Å². The second kappa shape index (κ2) is 25.4. The predicted octanol–water partition coefficient (Wildman–Crippen LogP) is 5.51. The Labute approximate surface area is 218 Å². The molecule has 35 heavy (non-hydrogen) atoms. The number of hydrogen-bond donors (Lipinski definition) is 1. The SMILES string of the molecule is CCCCCCCCCCCCOCCOCCCCC(O)C[N+](CC)(CC)CC.CS(=O)(=O)[O-]. The van der Waals surface area contributed by atoms with Gasteiger partial charge < -0.3 is 23.6 Å². The Kier molecular flexibility index (Phi) is 26.8. The van der Waals surface area contributed by atoms with Crippen molar-refractivity contribution in [2.24, 2.45) is 0 Å². The molecule has 0 saturated carbocycles. The van der Waals surface area contributed by atoms with E-state index in [9.17, 15) is 5.11 Å². The Balaban J connectivity index is 0. The number of likely N-dealkylation sites (N-methyl/N-ethyl adjacent to an activating group) is 1. The summed E-state index contributed by atoms with van der Waals surface area (Å²) in [4.78, 5) is 0. The van der Waals surface area contributed by atoms with Gasteiger partial charge in [0.1, 0.15) is 12.6 Å². The summed E-state index contributed by atoms with van der Waals surface area (Å²) < 4.78 is 39.6. The van der Waals surface area contributed by atoms with Crippen molar-refractivity contribution in [2.75, 3.05) is 58.9 Å². The highest BCUT2D eigenvalue weighted by Gasteiger charge is 2.24. The predicted molar refractivity (Wildman–Crippen MR) is 146 cm³/mol. The van der Waals surface area contributed by atoms with Crippen molar-refractivity contribution in [3.63, 3.8) is 0 Å². The van der Waals surface area contributed by atoms with Gasteiger partial charge in [0.2, 0.25) is 0 Å². The molecule has 0 aliphatic heterocycles. The Hall–Kier alpha value is -0.250. The van der Waals surface area contributed by atoms with Crippen LogP contribution in [0.4, 0.5) is 0 Å². The fraction of sp³-hybridized carbons (Fsp3) is 1.00. The van der Waals surface area contributed by atoms with Crippen molar-refractivity contribution in [2.45, 2.75) is 117 Å². The fourth-order valence-electron chi connectivity index (χ4n) is 4.19. The van der Waals surface area contributed by atoms with Gasteiger partial charge in [0.05, 0.1) is 43.0 Å². The van der Waals surface area contributed by atoms with E-state index >= 15 is 0 Å². The van der Waals surface area contributed by atoms with E-state index in [2.05, 4.69) is 27.7 Å². The van der Waals surface area contributed by atoms with Crippen molar-refractivity contribution in [1.82, 2.24) is 0 Å². The van der Waals surface area contributed by atoms with Gasteiger partial charge in [-0.2, -0.15) is 0 Å². The van der Waals surface area contributed by atoms with Gasteiger partial charge in [0, 0.05) is 19.5 Å². The Morgan fingerprint density at radius 2 is 1.06 bits per heavy atom. The molecule has 0 heterocycles. The maximum atomic E-state index is 10.3. The Morgan fingerprint density at radius 1 is 0.686 bits per heavy atom. The number of hydrogen-bond acceptors (Lipinski definition) is 6. The largest absolute Gasteiger partial charge is 0.748 e. The minimum atomic E-state index is -3.92. The summed E-state index contributed by atoms with van der Waals surface area (Å²) in [5, 5.41) is 10.3. The van der Waals surface area contributed by atoms with Crippen molar-refractivity contribution in [3.05, 3.63) is 0 Å². The molecule has 0 aromatic heterocycles. The van der Waals surface area contributed by atoms with E-state index in [0.29, 0.717) is 19.5 Å². The highest BCUT2D eigenvalue weighted by atomic mass is 32.2. The molecule has 1 N–H and O–H groups in total. The van der Waals surface area contributed by atoms with Crippen LogP contribution in [0.5, 0.6) is 0 Å². The van der Waals surface area contributed by atoms with E-state index in [1.54, 1.807) is 0 Å². The third kappa shape index (κ3) is 29.9. The molecule has 8 heteroatoms. The van der Waals surface area contributed by atoms with Crippen LogP contribution in [0, 0.1) is 0 Å². The standard InChI is InChI=1S/C26H56NO3.CH4O3S/c1-5-9-10-11-12-13-14-15-16-18-21-29-23-24-30-22-19-17-20-26(28)25-27(6-2,7-3)8-4;1-5(2,3)4/h26,28H,5-25H2,1-4H3;1H3,(H,2,3,4)/q+1;/p-1. The average Bonchev–Trinajstić information content (AvgIpc) is 2.81. The molecule has 0 saturated heterocycles. The summed E-state index contributed by atoms with van der Waals surface area (Å²) in [5.74, 6) is 0. The molecule has 214 valence electrons. The molecule has 0 amide bonds. The van der Waals surface area contributed by atoms with E-state index in [-0.39, 0.29) is 6.10 Å². The van der Waals surface area contributed by atoms with Crippen LogP contribution in [0.2, 0.25) is 0 Å². The van der Waals surface area contributed by atoms with Gasteiger partial charge in [-0.1, -0.05) is 64.7 Å². The molecule has 1 atom stereocenters. The quantitative estimate of drug-likeness (QED) is 0.101. The summed E-state index contributed by atoms with van der Waals surface area (Å²) in [5.41, 5.74) is 0. The molecule has 0 aromatic rings. The first kappa shape index (κ1) is 36.9. The van der Waals surface area contributed by atoms with Crippen LogP contribution in [-0.2, 0) is 19.6 Å². The zero-order valence-electron chi connectivity index (χ0n) is 23.8. The molecule has 0 aromatic carbocycles. The van der Waals surface area contributed by atoms with Crippen LogP contribution >= 0.6 is 0 Å². The van der Waals surface area contributed by atoms with Gasteiger partial charge in [0.25, 0.3) is 0 Å². The first-order chi connectivity index (χ1) is 16.6. The second-order valence-electron chi connectivity index (χ2n) is 9.73. The van der Waals surface area contributed by atoms with Crippen molar-refractivity contribution >= 4 is 10.1 Å². The molecule has 0 bridgehead atoms. The lowest BCUT2D eigenvalue weighted by Crippen LogP contribution is -2.51. The van der Waals surface area contributed by atoms with Crippen molar-refractivity contribution in [3.8, 4) is 0 Å². The number of aliphatic hydroxyl groups excluding tert-OH is 1. The molecule has 1 unspecified atom stereocenters. The molecular weight excluding hydrogens is 466 g/mol. The molecule has 0 aliphatic carbocycles. The monoisotopic (exact) mass is 525 g/mol. The van der Waals surface area contributed by atoms with Gasteiger partial charge in [-0.25, -0.2) is 8.42 Å². The third-order valence-corrected chi connectivity index (χ3v) is 6.70. The third-order valence-electron chi connectivity index (χ3n) is 6.70. The van der Waals surface area contributed by atoms with Crippen LogP contribution in [0.25, 0.3) is 0 Å². The van der Waals surface area contributed by atoms with Crippen LogP contribution in [0.15, 0.2) is 0 Å². The number of ether oxygens (including phenoxy) is 2. The van der Waals surface area contributed by atoms with E-state index in [1.165, 1.54) is 64.2 Å². The van der Waals surface area contributed by atoms with Crippen molar-refractivity contribution in [1.29, 1.82) is 0 Å². The molecule has 7 nitrogen and oxygen atoms in total. The minimum absolute atomic E-state index is 0.186. The molecule has 0 rings (SSSR count). The highest BCUT2D eigenvalue weighted by Crippen LogP contribution is 2.12. The van der Waals surface area contributed by atoms with E-state index in [1.807, 2.05) is 0 Å². The summed E-state index contributed by atoms with van der Waals surface area (Å²) in [6, 6.07) is 0. The normalized spacial score (nSPS) is 12.9. The summed E-state index contributed by atoms with van der Waals surface area (Å²) in [7, 11) is -3.92. The fourth-order valence-corrected chi connectivity index (χ4v) is 4.19. The summed E-state index contributed by atoms with van der Waals surface area (Å²) in [6.07, 6.45) is 17.0. The zero-order valence-corrected chi connectivity index (χ0v) is 24.6. The lowest BCUT2D eigenvalue weighted by atomic mass is 10.1. The van der Waals surface area contributed by atoms with Crippen LogP contribution in [-0.4, -0.2) is 87.5 Å².